The molecular formula is C12H27NOSi. The monoisotopic (exact) mass is 229 g/mol. The van der Waals surface area contributed by atoms with Gasteiger partial charge in [0.15, 0.2) is 8.32 Å². The van der Waals surface area contributed by atoms with Crippen molar-refractivity contribution in [2.75, 3.05) is 0 Å². The molecule has 0 aromatic rings. The van der Waals surface area contributed by atoms with Crippen molar-refractivity contribution in [3.63, 3.8) is 0 Å². The van der Waals surface area contributed by atoms with Crippen molar-refractivity contribution in [2.24, 2.45) is 11.7 Å². The molecule has 90 valence electrons. The number of hydrogen-bond acceptors (Lipinski definition) is 2. The summed E-state index contributed by atoms with van der Waals surface area (Å²) in [5.41, 5.74) is 5.87. The van der Waals surface area contributed by atoms with Crippen molar-refractivity contribution in [2.45, 2.75) is 70.8 Å². The summed E-state index contributed by atoms with van der Waals surface area (Å²) in [6.45, 7) is 13.6. The molecular weight excluding hydrogens is 202 g/mol. The van der Waals surface area contributed by atoms with E-state index in [9.17, 15) is 0 Å². The van der Waals surface area contributed by atoms with Gasteiger partial charge in [-0.2, -0.15) is 0 Å². The molecule has 0 aromatic heterocycles. The van der Waals surface area contributed by atoms with Crippen LogP contribution < -0.4 is 5.73 Å². The van der Waals surface area contributed by atoms with Crippen LogP contribution in [0.1, 0.15) is 40.5 Å². The lowest BCUT2D eigenvalue weighted by molar-refractivity contribution is 0.0431. The number of nitrogens with two attached hydrogens (primary N) is 1. The van der Waals surface area contributed by atoms with Crippen LogP contribution in [0.3, 0.4) is 0 Å². The summed E-state index contributed by atoms with van der Waals surface area (Å²) in [6, 6.07) is 0.337. The fourth-order valence-electron chi connectivity index (χ4n) is 1.73. The third-order valence-corrected chi connectivity index (χ3v) is 8.68. The summed E-state index contributed by atoms with van der Waals surface area (Å²) in [5, 5.41) is 0.326. The van der Waals surface area contributed by atoms with E-state index in [0.717, 1.165) is 0 Å². The zero-order valence-electron chi connectivity index (χ0n) is 11.1. The standard InChI is InChI=1S/C12H27NOSi/c1-9(13)10-7-11(8-10)14-15(5,6)12(2,3)4/h9-11H,7-8,13H2,1-6H3. The first-order valence-corrected chi connectivity index (χ1v) is 8.98. The highest BCUT2D eigenvalue weighted by Gasteiger charge is 2.42. The second-order valence-corrected chi connectivity index (χ2v) is 11.3. The van der Waals surface area contributed by atoms with Gasteiger partial charge in [0.25, 0.3) is 0 Å². The van der Waals surface area contributed by atoms with Crippen LogP contribution in [0, 0.1) is 5.92 Å². The lowest BCUT2D eigenvalue weighted by Crippen LogP contribution is -2.50. The van der Waals surface area contributed by atoms with Crippen LogP contribution in [0.4, 0.5) is 0 Å². The molecule has 1 atom stereocenters. The van der Waals surface area contributed by atoms with E-state index in [-0.39, 0.29) is 0 Å². The Morgan fingerprint density at radius 1 is 1.27 bits per heavy atom. The third kappa shape index (κ3) is 3.05. The van der Waals surface area contributed by atoms with Crippen LogP contribution in [-0.2, 0) is 4.43 Å². The van der Waals surface area contributed by atoms with E-state index in [1.807, 2.05) is 0 Å². The predicted molar refractivity (Wildman–Crippen MR) is 68.4 cm³/mol. The smallest absolute Gasteiger partial charge is 0.192 e. The highest BCUT2D eigenvalue weighted by molar-refractivity contribution is 6.74. The minimum Gasteiger partial charge on any atom is -0.414 e. The summed E-state index contributed by atoms with van der Waals surface area (Å²) >= 11 is 0. The molecule has 0 amide bonds. The largest absolute Gasteiger partial charge is 0.414 e. The maximum Gasteiger partial charge on any atom is 0.192 e. The number of rotatable bonds is 3. The van der Waals surface area contributed by atoms with Gasteiger partial charge < -0.3 is 10.2 Å². The average molecular weight is 229 g/mol. The van der Waals surface area contributed by atoms with Crippen LogP contribution in [0.15, 0.2) is 0 Å². The molecule has 1 unspecified atom stereocenters. The second kappa shape index (κ2) is 4.19. The molecule has 1 saturated carbocycles. The van der Waals surface area contributed by atoms with Crippen molar-refractivity contribution in [3.8, 4) is 0 Å². The highest BCUT2D eigenvalue weighted by Crippen LogP contribution is 2.41. The van der Waals surface area contributed by atoms with E-state index in [1.165, 1.54) is 12.8 Å². The quantitative estimate of drug-likeness (QED) is 0.755. The van der Waals surface area contributed by atoms with Crippen molar-refractivity contribution in [1.82, 2.24) is 0 Å². The van der Waals surface area contributed by atoms with E-state index >= 15 is 0 Å². The third-order valence-electron chi connectivity index (χ3n) is 4.14. The Hall–Kier alpha value is 0.137. The predicted octanol–water partition coefficient (Wildman–Crippen LogP) is 3.13. The summed E-state index contributed by atoms with van der Waals surface area (Å²) in [5.74, 6) is 0.694. The van der Waals surface area contributed by atoms with Crippen LogP contribution in [0.5, 0.6) is 0 Å². The zero-order valence-corrected chi connectivity index (χ0v) is 12.1. The topological polar surface area (TPSA) is 35.2 Å². The Labute approximate surface area is 95.7 Å². The average Bonchev–Trinajstić information content (AvgIpc) is 1.92. The lowest BCUT2D eigenvalue weighted by atomic mass is 9.78. The molecule has 0 spiro atoms. The van der Waals surface area contributed by atoms with Crippen LogP contribution >= 0.6 is 0 Å². The van der Waals surface area contributed by atoms with Gasteiger partial charge >= 0.3 is 0 Å². The molecule has 0 bridgehead atoms. The lowest BCUT2D eigenvalue weighted by Gasteiger charge is -2.45. The molecule has 0 aromatic carbocycles. The molecule has 0 heterocycles. The van der Waals surface area contributed by atoms with Gasteiger partial charge in [0, 0.05) is 12.1 Å². The molecule has 1 fully saturated rings. The van der Waals surface area contributed by atoms with Gasteiger partial charge in [-0.1, -0.05) is 20.8 Å². The van der Waals surface area contributed by atoms with Gasteiger partial charge in [0.1, 0.15) is 0 Å². The summed E-state index contributed by atoms with van der Waals surface area (Å²) in [6.07, 6.45) is 2.83. The molecule has 1 rings (SSSR count). The maximum absolute atomic E-state index is 6.30. The highest BCUT2D eigenvalue weighted by atomic mass is 28.4. The molecule has 0 saturated heterocycles. The molecule has 1 aliphatic carbocycles. The first-order chi connectivity index (χ1) is 6.63. The maximum atomic E-state index is 6.30. The Morgan fingerprint density at radius 2 is 1.73 bits per heavy atom. The molecule has 0 radical (unpaired) electrons. The first-order valence-electron chi connectivity index (χ1n) is 6.07. The van der Waals surface area contributed by atoms with Crippen LogP contribution in [0.2, 0.25) is 18.1 Å². The van der Waals surface area contributed by atoms with E-state index in [1.54, 1.807) is 0 Å². The van der Waals surface area contributed by atoms with E-state index in [4.69, 9.17) is 10.2 Å². The van der Waals surface area contributed by atoms with Gasteiger partial charge in [-0.05, 0) is 43.8 Å². The van der Waals surface area contributed by atoms with Gasteiger partial charge in [-0.25, -0.2) is 0 Å². The number of hydrogen-bond donors (Lipinski definition) is 1. The summed E-state index contributed by atoms with van der Waals surface area (Å²) < 4.78 is 6.30. The second-order valence-electron chi connectivity index (χ2n) is 6.59. The zero-order chi connectivity index (χ0) is 11.9. The Morgan fingerprint density at radius 3 is 2.07 bits per heavy atom. The van der Waals surface area contributed by atoms with Crippen molar-refractivity contribution < 1.29 is 4.43 Å². The molecule has 15 heavy (non-hydrogen) atoms. The van der Waals surface area contributed by atoms with E-state index in [2.05, 4.69) is 40.8 Å². The Kier molecular flexibility index (Phi) is 3.69. The van der Waals surface area contributed by atoms with Gasteiger partial charge in [0.05, 0.1) is 0 Å². The fraction of sp³-hybridized carbons (Fsp3) is 1.00. The summed E-state index contributed by atoms with van der Waals surface area (Å²) in [7, 11) is -1.54. The summed E-state index contributed by atoms with van der Waals surface area (Å²) in [4.78, 5) is 0. The molecule has 3 heteroatoms. The molecule has 2 nitrogen and oxygen atoms in total. The van der Waals surface area contributed by atoms with Gasteiger partial charge in [-0.15, -0.1) is 0 Å². The fourth-order valence-corrected chi connectivity index (χ4v) is 3.10. The van der Waals surface area contributed by atoms with Crippen LogP contribution in [0.25, 0.3) is 0 Å². The normalized spacial score (nSPS) is 29.8. The van der Waals surface area contributed by atoms with Crippen molar-refractivity contribution in [1.29, 1.82) is 0 Å². The minimum atomic E-state index is -1.54. The van der Waals surface area contributed by atoms with E-state index in [0.29, 0.717) is 23.1 Å². The van der Waals surface area contributed by atoms with E-state index < -0.39 is 8.32 Å². The molecule has 2 N–H and O–H groups in total. The Bertz CT molecular complexity index is 214. The van der Waals surface area contributed by atoms with Crippen molar-refractivity contribution >= 4 is 8.32 Å². The van der Waals surface area contributed by atoms with Crippen LogP contribution in [-0.4, -0.2) is 20.5 Å². The van der Waals surface area contributed by atoms with Crippen molar-refractivity contribution in [3.05, 3.63) is 0 Å². The van der Waals surface area contributed by atoms with Gasteiger partial charge in [-0.3, -0.25) is 0 Å². The Balaban J connectivity index is 2.39. The van der Waals surface area contributed by atoms with Gasteiger partial charge in [0.2, 0.25) is 0 Å². The molecule has 0 aliphatic heterocycles. The minimum absolute atomic E-state index is 0.326. The SMILES string of the molecule is CC(N)C1CC(O[Si](C)(C)C(C)(C)C)C1. The first kappa shape index (κ1) is 13.2. The molecule has 1 aliphatic rings.